The molecule has 3 rings (SSSR count). The van der Waals surface area contributed by atoms with E-state index >= 15 is 0 Å². The second-order valence-electron chi connectivity index (χ2n) is 6.48. The van der Waals surface area contributed by atoms with Crippen molar-refractivity contribution in [1.29, 1.82) is 0 Å². The SMILES string of the molecule is O=C(c1cccc(F)c1)N1CCCN(C(=O)C2CCCCN2)CC1. The lowest BCUT2D eigenvalue weighted by atomic mass is 10.0. The summed E-state index contributed by atoms with van der Waals surface area (Å²) in [7, 11) is 0. The number of halogens is 1. The normalized spacial score (nSPS) is 22.1. The molecule has 0 spiro atoms. The molecule has 24 heavy (non-hydrogen) atoms. The maximum Gasteiger partial charge on any atom is 0.254 e. The number of piperidine rings is 1. The molecule has 130 valence electrons. The molecule has 2 heterocycles. The molecule has 2 aliphatic heterocycles. The molecule has 0 saturated carbocycles. The zero-order valence-electron chi connectivity index (χ0n) is 13.8. The molecular formula is C18H24FN3O2. The minimum Gasteiger partial charge on any atom is -0.340 e. The number of rotatable bonds is 2. The van der Waals surface area contributed by atoms with Gasteiger partial charge in [0.1, 0.15) is 5.82 Å². The molecule has 0 aliphatic carbocycles. The van der Waals surface area contributed by atoms with Gasteiger partial charge in [-0.05, 0) is 44.0 Å². The van der Waals surface area contributed by atoms with E-state index in [1.54, 1.807) is 17.0 Å². The van der Waals surface area contributed by atoms with Crippen LogP contribution in [0.3, 0.4) is 0 Å². The third-order valence-corrected chi connectivity index (χ3v) is 4.77. The van der Waals surface area contributed by atoms with Gasteiger partial charge in [-0.25, -0.2) is 4.39 Å². The molecule has 1 N–H and O–H groups in total. The summed E-state index contributed by atoms with van der Waals surface area (Å²) >= 11 is 0. The highest BCUT2D eigenvalue weighted by Gasteiger charge is 2.28. The smallest absolute Gasteiger partial charge is 0.254 e. The zero-order valence-corrected chi connectivity index (χ0v) is 13.8. The molecule has 0 radical (unpaired) electrons. The number of hydrogen-bond acceptors (Lipinski definition) is 3. The third-order valence-electron chi connectivity index (χ3n) is 4.77. The molecule has 1 aromatic carbocycles. The van der Waals surface area contributed by atoms with Crippen molar-refractivity contribution in [3.05, 3.63) is 35.6 Å². The van der Waals surface area contributed by atoms with E-state index in [1.807, 2.05) is 4.90 Å². The van der Waals surface area contributed by atoms with Gasteiger partial charge >= 0.3 is 0 Å². The Labute approximate surface area is 141 Å². The third kappa shape index (κ3) is 3.93. The summed E-state index contributed by atoms with van der Waals surface area (Å²) in [5, 5.41) is 3.29. The monoisotopic (exact) mass is 333 g/mol. The standard InChI is InChI=1S/C18H24FN3O2/c19-15-6-3-5-14(13-15)17(23)21-9-4-10-22(12-11-21)18(24)16-7-1-2-8-20-16/h3,5-6,13,16,20H,1-2,4,7-12H2. The van der Waals surface area contributed by atoms with Gasteiger partial charge in [-0.2, -0.15) is 0 Å². The molecule has 1 unspecified atom stereocenters. The molecule has 2 aliphatic rings. The Morgan fingerprint density at radius 3 is 2.58 bits per heavy atom. The van der Waals surface area contributed by atoms with Gasteiger partial charge in [0.05, 0.1) is 6.04 Å². The molecule has 2 fully saturated rings. The van der Waals surface area contributed by atoms with E-state index in [1.165, 1.54) is 12.1 Å². The van der Waals surface area contributed by atoms with E-state index in [0.29, 0.717) is 31.7 Å². The summed E-state index contributed by atoms with van der Waals surface area (Å²) in [6, 6.07) is 5.69. The zero-order chi connectivity index (χ0) is 16.9. The summed E-state index contributed by atoms with van der Waals surface area (Å²) in [6.07, 6.45) is 3.85. The number of hydrogen-bond donors (Lipinski definition) is 1. The van der Waals surface area contributed by atoms with E-state index in [2.05, 4.69) is 5.32 Å². The number of nitrogens with zero attached hydrogens (tertiary/aromatic N) is 2. The van der Waals surface area contributed by atoms with E-state index in [9.17, 15) is 14.0 Å². The maximum absolute atomic E-state index is 13.3. The number of carbonyl (C=O) groups is 2. The molecule has 1 atom stereocenters. The van der Waals surface area contributed by atoms with Crippen molar-refractivity contribution < 1.29 is 14.0 Å². The highest BCUT2D eigenvalue weighted by molar-refractivity contribution is 5.94. The van der Waals surface area contributed by atoms with Crippen LogP contribution in [0.2, 0.25) is 0 Å². The maximum atomic E-state index is 13.3. The molecule has 6 heteroatoms. The Balaban J connectivity index is 1.60. The minimum atomic E-state index is -0.407. The van der Waals surface area contributed by atoms with Crippen LogP contribution in [0.4, 0.5) is 4.39 Å². The van der Waals surface area contributed by atoms with Gasteiger partial charge in [0.2, 0.25) is 5.91 Å². The van der Waals surface area contributed by atoms with E-state index in [-0.39, 0.29) is 17.9 Å². The van der Waals surface area contributed by atoms with Crippen LogP contribution in [0.5, 0.6) is 0 Å². The highest BCUT2D eigenvalue weighted by Crippen LogP contribution is 2.14. The predicted octanol–water partition coefficient (Wildman–Crippen LogP) is 1.64. The van der Waals surface area contributed by atoms with Gasteiger partial charge in [0, 0.05) is 31.7 Å². The number of amides is 2. The van der Waals surface area contributed by atoms with Gasteiger partial charge in [0.25, 0.3) is 5.91 Å². The van der Waals surface area contributed by atoms with Crippen LogP contribution in [0.15, 0.2) is 24.3 Å². The second-order valence-corrected chi connectivity index (χ2v) is 6.48. The van der Waals surface area contributed by atoms with Crippen molar-refractivity contribution in [3.63, 3.8) is 0 Å². The summed E-state index contributed by atoms with van der Waals surface area (Å²) in [5.41, 5.74) is 0.365. The van der Waals surface area contributed by atoms with E-state index in [4.69, 9.17) is 0 Å². The first kappa shape index (κ1) is 16.9. The molecule has 0 aromatic heterocycles. The quantitative estimate of drug-likeness (QED) is 0.895. The lowest BCUT2D eigenvalue weighted by molar-refractivity contribution is -0.133. The Bertz CT molecular complexity index is 602. The first-order chi connectivity index (χ1) is 11.6. The Hall–Kier alpha value is -1.95. The highest BCUT2D eigenvalue weighted by atomic mass is 19.1. The van der Waals surface area contributed by atoms with E-state index in [0.717, 1.165) is 32.2 Å². The van der Waals surface area contributed by atoms with Crippen LogP contribution in [0, 0.1) is 5.82 Å². The number of nitrogens with one attached hydrogen (secondary N) is 1. The van der Waals surface area contributed by atoms with Crippen LogP contribution in [0.25, 0.3) is 0 Å². The van der Waals surface area contributed by atoms with Crippen LogP contribution in [-0.2, 0) is 4.79 Å². The van der Waals surface area contributed by atoms with Crippen molar-refractivity contribution >= 4 is 11.8 Å². The van der Waals surface area contributed by atoms with Crippen molar-refractivity contribution in [3.8, 4) is 0 Å². The minimum absolute atomic E-state index is 0.0794. The second kappa shape index (κ2) is 7.75. The van der Waals surface area contributed by atoms with Crippen LogP contribution < -0.4 is 5.32 Å². The van der Waals surface area contributed by atoms with Crippen LogP contribution in [0.1, 0.15) is 36.0 Å². The van der Waals surface area contributed by atoms with Crippen molar-refractivity contribution in [2.24, 2.45) is 0 Å². The Morgan fingerprint density at radius 1 is 1.04 bits per heavy atom. The lowest BCUT2D eigenvalue weighted by Gasteiger charge is -2.29. The van der Waals surface area contributed by atoms with Crippen LogP contribution in [-0.4, -0.2) is 60.4 Å². The number of carbonyl (C=O) groups excluding carboxylic acids is 2. The van der Waals surface area contributed by atoms with Gasteiger partial charge < -0.3 is 15.1 Å². The summed E-state index contributed by atoms with van der Waals surface area (Å²) in [4.78, 5) is 28.7. The Morgan fingerprint density at radius 2 is 1.83 bits per heavy atom. The largest absolute Gasteiger partial charge is 0.340 e. The molecule has 2 saturated heterocycles. The van der Waals surface area contributed by atoms with Gasteiger partial charge in [0.15, 0.2) is 0 Å². The summed E-state index contributed by atoms with van der Waals surface area (Å²) in [5.74, 6) is -0.426. The fraction of sp³-hybridized carbons (Fsp3) is 0.556. The molecular weight excluding hydrogens is 309 g/mol. The topological polar surface area (TPSA) is 52.7 Å². The van der Waals surface area contributed by atoms with Crippen molar-refractivity contribution in [1.82, 2.24) is 15.1 Å². The fourth-order valence-electron chi connectivity index (χ4n) is 3.43. The molecule has 5 nitrogen and oxygen atoms in total. The summed E-state index contributed by atoms with van der Waals surface area (Å²) < 4.78 is 13.3. The number of benzene rings is 1. The van der Waals surface area contributed by atoms with Crippen molar-refractivity contribution in [2.75, 3.05) is 32.7 Å². The summed E-state index contributed by atoms with van der Waals surface area (Å²) in [6.45, 7) is 3.20. The van der Waals surface area contributed by atoms with E-state index < -0.39 is 5.82 Å². The first-order valence-corrected chi connectivity index (χ1v) is 8.72. The van der Waals surface area contributed by atoms with Gasteiger partial charge in [-0.3, -0.25) is 9.59 Å². The molecule has 0 bridgehead atoms. The first-order valence-electron chi connectivity index (χ1n) is 8.72. The fourth-order valence-corrected chi connectivity index (χ4v) is 3.43. The Kier molecular flexibility index (Phi) is 5.45. The average Bonchev–Trinajstić information content (AvgIpc) is 2.87. The molecule has 1 aromatic rings. The van der Waals surface area contributed by atoms with Crippen molar-refractivity contribution in [2.45, 2.75) is 31.7 Å². The van der Waals surface area contributed by atoms with Crippen LogP contribution >= 0.6 is 0 Å². The van der Waals surface area contributed by atoms with Gasteiger partial charge in [-0.15, -0.1) is 0 Å². The average molecular weight is 333 g/mol. The molecule has 2 amide bonds. The van der Waals surface area contributed by atoms with Gasteiger partial charge in [-0.1, -0.05) is 12.5 Å². The lowest BCUT2D eigenvalue weighted by Crippen LogP contribution is -2.49. The predicted molar refractivity (Wildman–Crippen MR) is 89.1 cm³/mol.